The molecule has 0 unspecified atom stereocenters. The van der Waals surface area contributed by atoms with Crippen molar-refractivity contribution < 1.29 is 4.92 Å². The molecular weight excluding hydrogens is 216 g/mol. The fourth-order valence-corrected chi connectivity index (χ4v) is 2.32. The molecule has 1 aliphatic rings. The lowest BCUT2D eigenvalue weighted by Crippen LogP contribution is -2.30. The number of benzene rings is 1. The zero-order valence-corrected chi connectivity index (χ0v) is 10.4. The fraction of sp³-hybridized carbons (Fsp3) is 0.538. The summed E-state index contributed by atoms with van der Waals surface area (Å²) >= 11 is 0. The van der Waals surface area contributed by atoms with E-state index in [1.807, 2.05) is 19.9 Å². The molecule has 2 rings (SSSR count). The Bertz CT molecular complexity index is 437. The molecule has 92 valence electrons. The zero-order valence-electron chi connectivity index (χ0n) is 10.4. The minimum atomic E-state index is -0.267. The number of hydrogen-bond acceptors (Lipinski definition) is 3. The van der Waals surface area contributed by atoms with E-state index in [4.69, 9.17) is 0 Å². The second kappa shape index (κ2) is 4.73. The van der Waals surface area contributed by atoms with Crippen LogP contribution >= 0.6 is 0 Å². The molecule has 1 aromatic carbocycles. The van der Waals surface area contributed by atoms with Gasteiger partial charge in [0.1, 0.15) is 5.69 Å². The third-order valence-corrected chi connectivity index (χ3v) is 3.48. The summed E-state index contributed by atoms with van der Waals surface area (Å²) in [5.41, 5.74) is 3.14. The quantitative estimate of drug-likeness (QED) is 0.583. The van der Waals surface area contributed by atoms with E-state index in [0.29, 0.717) is 0 Å². The lowest BCUT2D eigenvalue weighted by molar-refractivity contribution is -0.384. The van der Waals surface area contributed by atoms with E-state index in [0.717, 1.165) is 42.7 Å². The van der Waals surface area contributed by atoms with Gasteiger partial charge in [0, 0.05) is 19.2 Å². The Labute approximate surface area is 101 Å². The maximum absolute atomic E-state index is 11.1. The van der Waals surface area contributed by atoms with E-state index in [-0.39, 0.29) is 10.6 Å². The van der Waals surface area contributed by atoms with Crippen LogP contribution in [0, 0.1) is 24.0 Å². The summed E-state index contributed by atoms with van der Waals surface area (Å²) in [6.07, 6.45) is 3.49. The summed E-state index contributed by atoms with van der Waals surface area (Å²) in [6, 6.07) is 3.65. The molecule has 17 heavy (non-hydrogen) atoms. The molecule has 1 fully saturated rings. The lowest BCUT2D eigenvalue weighted by atomic mass is 10.0. The SMILES string of the molecule is Cc1cc(N2CCCCC2)c([N+](=O)[O-])cc1C. The van der Waals surface area contributed by atoms with Crippen molar-refractivity contribution in [3.8, 4) is 0 Å². The number of rotatable bonds is 2. The molecule has 0 saturated carbocycles. The highest BCUT2D eigenvalue weighted by Gasteiger charge is 2.21. The van der Waals surface area contributed by atoms with Crippen molar-refractivity contribution in [2.24, 2.45) is 0 Å². The Balaban J connectivity index is 2.42. The lowest BCUT2D eigenvalue weighted by Gasteiger charge is -2.28. The van der Waals surface area contributed by atoms with Crippen LogP contribution in [0.2, 0.25) is 0 Å². The first-order valence-electron chi connectivity index (χ1n) is 6.10. The Kier molecular flexibility index (Phi) is 3.31. The number of nitrogens with zero attached hydrogens (tertiary/aromatic N) is 2. The van der Waals surface area contributed by atoms with Crippen molar-refractivity contribution in [1.82, 2.24) is 0 Å². The molecular formula is C13H18N2O2. The van der Waals surface area contributed by atoms with E-state index >= 15 is 0 Å². The number of aryl methyl sites for hydroxylation is 2. The highest BCUT2D eigenvalue weighted by molar-refractivity contribution is 5.66. The third kappa shape index (κ3) is 2.40. The van der Waals surface area contributed by atoms with E-state index < -0.39 is 0 Å². The first kappa shape index (κ1) is 11.9. The first-order valence-corrected chi connectivity index (χ1v) is 6.10. The van der Waals surface area contributed by atoms with Crippen LogP contribution in [0.3, 0.4) is 0 Å². The number of piperidine rings is 1. The van der Waals surface area contributed by atoms with Crippen molar-refractivity contribution in [3.63, 3.8) is 0 Å². The minimum Gasteiger partial charge on any atom is -0.366 e. The van der Waals surface area contributed by atoms with Gasteiger partial charge in [-0.15, -0.1) is 0 Å². The standard InChI is InChI=1S/C13H18N2O2/c1-10-8-12(14-6-4-3-5-7-14)13(15(16)17)9-11(10)2/h8-9H,3-7H2,1-2H3. The van der Waals surface area contributed by atoms with Crippen molar-refractivity contribution >= 4 is 11.4 Å². The molecule has 0 atom stereocenters. The smallest absolute Gasteiger partial charge is 0.292 e. The number of anilines is 1. The average Bonchev–Trinajstić information content (AvgIpc) is 2.33. The summed E-state index contributed by atoms with van der Waals surface area (Å²) in [7, 11) is 0. The Hall–Kier alpha value is -1.58. The largest absolute Gasteiger partial charge is 0.366 e. The van der Waals surface area contributed by atoms with Gasteiger partial charge in [0.05, 0.1) is 4.92 Å². The van der Waals surface area contributed by atoms with Gasteiger partial charge in [-0.1, -0.05) is 0 Å². The van der Waals surface area contributed by atoms with E-state index in [1.165, 1.54) is 6.42 Å². The van der Waals surface area contributed by atoms with Gasteiger partial charge >= 0.3 is 0 Å². The monoisotopic (exact) mass is 234 g/mol. The summed E-state index contributed by atoms with van der Waals surface area (Å²) < 4.78 is 0. The first-order chi connectivity index (χ1) is 8.09. The van der Waals surface area contributed by atoms with Crippen molar-refractivity contribution in [2.45, 2.75) is 33.1 Å². The van der Waals surface area contributed by atoms with E-state index in [2.05, 4.69) is 4.90 Å². The molecule has 0 amide bonds. The van der Waals surface area contributed by atoms with E-state index in [1.54, 1.807) is 6.07 Å². The van der Waals surface area contributed by atoms with Crippen molar-refractivity contribution in [2.75, 3.05) is 18.0 Å². The molecule has 0 radical (unpaired) electrons. The zero-order chi connectivity index (χ0) is 12.4. The maximum Gasteiger partial charge on any atom is 0.292 e. The number of nitro groups is 1. The van der Waals surface area contributed by atoms with Gasteiger partial charge in [0.15, 0.2) is 0 Å². The number of nitro benzene ring substituents is 1. The van der Waals surface area contributed by atoms with Crippen LogP contribution in [-0.2, 0) is 0 Å². The molecule has 4 nitrogen and oxygen atoms in total. The third-order valence-electron chi connectivity index (χ3n) is 3.48. The van der Waals surface area contributed by atoms with Gasteiger partial charge < -0.3 is 4.90 Å². The Morgan fingerprint density at radius 1 is 1.12 bits per heavy atom. The second-order valence-electron chi connectivity index (χ2n) is 4.73. The molecule has 1 saturated heterocycles. The van der Waals surface area contributed by atoms with Crippen molar-refractivity contribution in [3.05, 3.63) is 33.4 Å². The molecule has 1 aliphatic heterocycles. The maximum atomic E-state index is 11.1. The summed E-state index contributed by atoms with van der Waals surface area (Å²) in [5, 5.41) is 11.1. The van der Waals surface area contributed by atoms with Gasteiger partial charge in [0.2, 0.25) is 0 Å². The molecule has 1 heterocycles. The van der Waals surface area contributed by atoms with Gasteiger partial charge in [0.25, 0.3) is 5.69 Å². The highest BCUT2D eigenvalue weighted by Crippen LogP contribution is 2.32. The predicted octanol–water partition coefficient (Wildman–Crippen LogP) is 3.20. The minimum absolute atomic E-state index is 0.245. The highest BCUT2D eigenvalue weighted by atomic mass is 16.6. The molecule has 0 aromatic heterocycles. The molecule has 0 N–H and O–H groups in total. The van der Waals surface area contributed by atoms with Crippen LogP contribution < -0.4 is 4.90 Å². The molecule has 0 bridgehead atoms. The van der Waals surface area contributed by atoms with Gasteiger partial charge in [-0.3, -0.25) is 10.1 Å². The van der Waals surface area contributed by atoms with Crippen LogP contribution in [0.1, 0.15) is 30.4 Å². The Morgan fingerprint density at radius 2 is 1.71 bits per heavy atom. The summed E-state index contributed by atoms with van der Waals surface area (Å²) in [5.74, 6) is 0. The van der Waals surface area contributed by atoms with Crippen LogP contribution in [0.25, 0.3) is 0 Å². The second-order valence-corrected chi connectivity index (χ2v) is 4.73. The van der Waals surface area contributed by atoms with Crippen LogP contribution in [-0.4, -0.2) is 18.0 Å². The molecule has 1 aromatic rings. The van der Waals surface area contributed by atoms with E-state index in [9.17, 15) is 10.1 Å². The van der Waals surface area contributed by atoms with Gasteiger partial charge in [-0.2, -0.15) is 0 Å². The van der Waals surface area contributed by atoms with Crippen LogP contribution in [0.5, 0.6) is 0 Å². The van der Waals surface area contributed by atoms with Gasteiger partial charge in [-0.05, 0) is 50.3 Å². The topological polar surface area (TPSA) is 46.4 Å². The van der Waals surface area contributed by atoms with Crippen molar-refractivity contribution in [1.29, 1.82) is 0 Å². The van der Waals surface area contributed by atoms with Crippen LogP contribution in [0.15, 0.2) is 12.1 Å². The summed E-state index contributed by atoms with van der Waals surface area (Å²) in [6.45, 7) is 5.79. The van der Waals surface area contributed by atoms with Crippen LogP contribution in [0.4, 0.5) is 11.4 Å². The normalized spacial score (nSPS) is 16.0. The molecule has 0 aliphatic carbocycles. The van der Waals surface area contributed by atoms with Gasteiger partial charge in [-0.25, -0.2) is 0 Å². The summed E-state index contributed by atoms with van der Waals surface area (Å²) in [4.78, 5) is 13.0. The number of hydrogen-bond donors (Lipinski definition) is 0. The fourth-order valence-electron chi connectivity index (χ4n) is 2.32. The molecule has 4 heteroatoms. The molecule has 0 spiro atoms. The average molecular weight is 234 g/mol. The predicted molar refractivity (Wildman–Crippen MR) is 68.6 cm³/mol. The Morgan fingerprint density at radius 3 is 2.29 bits per heavy atom.